The Kier molecular flexibility index (Phi) is 4.53. The largest absolute Gasteiger partial charge is 0.316 e. The van der Waals surface area contributed by atoms with E-state index in [1.165, 1.54) is 6.42 Å². The summed E-state index contributed by atoms with van der Waals surface area (Å²) in [6.45, 7) is 7.07. The maximum atomic E-state index is 12.0. The van der Waals surface area contributed by atoms with Crippen LogP contribution in [0.25, 0.3) is 0 Å². The van der Waals surface area contributed by atoms with Crippen LogP contribution in [0.15, 0.2) is 6.07 Å². The van der Waals surface area contributed by atoms with Gasteiger partial charge >= 0.3 is 0 Å². The van der Waals surface area contributed by atoms with Crippen molar-refractivity contribution >= 4 is 5.78 Å². The van der Waals surface area contributed by atoms with E-state index in [0.717, 1.165) is 37.4 Å². The molecule has 0 bridgehead atoms. The van der Waals surface area contributed by atoms with E-state index in [1.54, 1.807) is 0 Å². The number of rotatable bonds is 6. The molecule has 100 valence electrons. The van der Waals surface area contributed by atoms with Gasteiger partial charge in [0.2, 0.25) is 0 Å². The van der Waals surface area contributed by atoms with Gasteiger partial charge in [-0.3, -0.25) is 9.48 Å². The minimum Gasteiger partial charge on any atom is -0.316 e. The number of carbonyl (C=O) groups excluding carboxylic acids is 1. The number of hydrogen-bond donors (Lipinski definition) is 1. The van der Waals surface area contributed by atoms with Crippen molar-refractivity contribution in [2.75, 3.05) is 13.1 Å². The molecule has 0 radical (unpaired) electrons. The standard InChI is InChI=1S/C14H23N3O/c1-3-17-13(8-11(2)16-17)9-14(18)5-4-12-6-7-15-10-12/h8,12,15H,3-7,9-10H2,1-2H3. The smallest absolute Gasteiger partial charge is 0.138 e. The lowest BCUT2D eigenvalue weighted by Crippen LogP contribution is -2.13. The molecule has 4 nitrogen and oxygen atoms in total. The predicted octanol–water partition coefficient (Wildman–Crippen LogP) is 1.71. The highest BCUT2D eigenvalue weighted by Crippen LogP contribution is 2.15. The summed E-state index contributed by atoms with van der Waals surface area (Å²) in [4.78, 5) is 12.0. The molecule has 2 rings (SSSR count). The van der Waals surface area contributed by atoms with Crippen molar-refractivity contribution in [3.63, 3.8) is 0 Å². The van der Waals surface area contributed by atoms with Crippen LogP contribution in [0.5, 0.6) is 0 Å². The number of Topliss-reactive ketones (excluding diaryl/α,β-unsaturated/α-hetero) is 1. The molecule has 0 aliphatic carbocycles. The van der Waals surface area contributed by atoms with Crippen molar-refractivity contribution in [2.45, 2.75) is 46.1 Å². The molecule has 0 saturated carbocycles. The van der Waals surface area contributed by atoms with Crippen LogP contribution in [0.2, 0.25) is 0 Å². The Morgan fingerprint density at radius 2 is 2.44 bits per heavy atom. The molecule has 0 aromatic carbocycles. The van der Waals surface area contributed by atoms with Gasteiger partial charge in [-0.05, 0) is 51.8 Å². The van der Waals surface area contributed by atoms with Crippen molar-refractivity contribution in [3.8, 4) is 0 Å². The Bertz CT molecular complexity index is 405. The molecule has 2 heterocycles. The fraction of sp³-hybridized carbons (Fsp3) is 0.714. The first-order valence-electron chi connectivity index (χ1n) is 6.94. The highest BCUT2D eigenvalue weighted by atomic mass is 16.1. The van der Waals surface area contributed by atoms with E-state index in [-0.39, 0.29) is 0 Å². The first kappa shape index (κ1) is 13.3. The second kappa shape index (κ2) is 6.14. The summed E-state index contributed by atoms with van der Waals surface area (Å²) in [5.74, 6) is 1.04. The third kappa shape index (κ3) is 3.42. The van der Waals surface area contributed by atoms with E-state index < -0.39 is 0 Å². The molecule has 1 atom stereocenters. The SMILES string of the molecule is CCn1nc(C)cc1CC(=O)CCC1CCNC1. The van der Waals surface area contributed by atoms with E-state index >= 15 is 0 Å². The summed E-state index contributed by atoms with van der Waals surface area (Å²) in [7, 11) is 0. The number of carbonyl (C=O) groups is 1. The molecule has 1 aliphatic heterocycles. The number of aryl methyl sites for hydroxylation is 2. The van der Waals surface area contributed by atoms with Gasteiger partial charge in [0, 0.05) is 25.1 Å². The van der Waals surface area contributed by atoms with E-state index in [0.29, 0.717) is 24.5 Å². The summed E-state index contributed by atoms with van der Waals surface area (Å²) in [5, 5.41) is 7.72. The van der Waals surface area contributed by atoms with Gasteiger partial charge in [0.15, 0.2) is 0 Å². The zero-order valence-corrected chi connectivity index (χ0v) is 11.4. The zero-order valence-electron chi connectivity index (χ0n) is 11.4. The minimum atomic E-state index is 0.344. The van der Waals surface area contributed by atoms with Crippen LogP contribution < -0.4 is 5.32 Å². The molecule has 0 spiro atoms. The van der Waals surface area contributed by atoms with E-state index in [4.69, 9.17) is 0 Å². The van der Waals surface area contributed by atoms with Crippen molar-refractivity contribution in [1.29, 1.82) is 0 Å². The van der Waals surface area contributed by atoms with E-state index in [1.807, 2.05) is 17.7 Å². The Labute approximate surface area is 109 Å². The lowest BCUT2D eigenvalue weighted by molar-refractivity contribution is -0.118. The number of nitrogens with one attached hydrogen (secondary N) is 1. The monoisotopic (exact) mass is 249 g/mol. The van der Waals surface area contributed by atoms with Crippen LogP contribution in [0.3, 0.4) is 0 Å². The highest BCUT2D eigenvalue weighted by molar-refractivity contribution is 5.80. The Balaban J connectivity index is 1.82. The van der Waals surface area contributed by atoms with Crippen LogP contribution in [-0.2, 0) is 17.8 Å². The molecule has 18 heavy (non-hydrogen) atoms. The summed E-state index contributed by atoms with van der Waals surface area (Å²) in [6, 6.07) is 2.03. The van der Waals surface area contributed by atoms with Crippen LogP contribution in [0.4, 0.5) is 0 Å². The van der Waals surface area contributed by atoms with Crippen LogP contribution in [-0.4, -0.2) is 28.7 Å². The van der Waals surface area contributed by atoms with Crippen LogP contribution in [0, 0.1) is 12.8 Å². The van der Waals surface area contributed by atoms with Gasteiger partial charge in [-0.1, -0.05) is 0 Å². The van der Waals surface area contributed by atoms with E-state index in [9.17, 15) is 4.79 Å². The molecule has 1 fully saturated rings. The third-order valence-corrected chi connectivity index (χ3v) is 3.66. The summed E-state index contributed by atoms with van der Waals surface area (Å²) in [6.07, 6.45) is 3.50. The van der Waals surface area contributed by atoms with Crippen LogP contribution in [0.1, 0.15) is 37.6 Å². The van der Waals surface area contributed by atoms with Crippen molar-refractivity contribution in [2.24, 2.45) is 5.92 Å². The predicted molar refractivity (Wildman–Crippen MR) is 71.6 cm³/mol. The maximum Gasteiger partial charge on any atom is 0.138 e. The maximum absolute atomic E-state index is 12.0. The van der Waals surface area contributed by atoms with Gasteiger partial charge in [0.05, 0.1) is 5.69 Å². The molecule has 1 aromatic heterocycles. The minimum absolute atomic E-state index is 0.344. The number of hydrogen-bond acceptors (Lipinski definition) is 3. The average Bonchev–Trinajstić information content (AvgIpc) is 2.96. The Morgan fingerprint density at radius 1 is 1.61 bits per heavy atom. The first-order chi connectivity index (χ1) is 8.69. The summed E-state index contributed by atoms with van der Waals surface area (Å²) in [5.41, 5.74) is 2.06. The Hall–Kier alpha value is -1.16. The average molecular weight is 249 g/mol. The van der Waals surface area contributed by atoms with Gasteiger partial charge in [-0.25, -0.2) is 0 Å². The van der Waals surface area contributed by atoms with Crippen molar-refractivity contribution in [3.05, 3.63) is 17.5 Å². The highest BCUT2D eigenvalue weighted by Gasteiger charge is 2.16. The van der Waals surface area contributed by atoms with Gasteiger partial charge < -0.3 is 5.32 Å². The molecule has 1 saturated heterocycles. The molecule has 4 heteroatoms. The summed E-state index contributed by atoms with van der Waals surface area (Å²) < 4.78 is 1.93. The van der Waals surface area contributed by atoms with Gasteiger partial charge in [-0.15, -0.1) is 0 Å². The number of ketones is 1. The van der Waals surface area contributed by atoms with Crippen LogP contribution >= 0.6 is 0 Å². The van der Waals surface area contributed by atoms with Gasteiger partial charge in [0.1, 0.15) is 5.78 Å². The fourth-order valence-electron chi connectivity index (χ4n) is 2.63. The first-order valence-corrected chi connectivity index (χ1v) is 6.94. The normalized spacial score (nSPS) is 19.3. The Morgan fingerprint density at radius 3 is 3.11 bits per heavy atom. The second-order valence-electron chi connectivity index (χ2n) is 5.21. The molecule has 0 amide bonds. The molecular formula is C14H23N3O. The topological polar surface area (TPSA) is 46.9 Å². The molecule has 1 unspecified atom stereocenters. The lowest BCUT2D eigenvalue weighted by Gasteiger charge is -2.07. The lowest BCUT2D eigenvalue weighted by atomic mass is 9.99. The fourth-order valence-corrected chi connectivity index (χ4v) is 2.63. The van der Waals surface area contributed by atoms with Gasteiger partial charge in [0.25, 0.3) is 0 Å². The van der Waals surface area contributed by atoms with Gasteiger partial charge in [-0.2, -0.15) is 5.10 Å². The quantitative estimate of drug-likeness (QED) is 0.835. The summed E-state index contributed by atoms with van der Waals surface area (Å²) >= 11 is 0. The number of nitrogens with zero attached hydrogens (tertiary/aromatic N) is 2. The second-order valence-corrected chi connectivity index (χ2v) is 5.21. The van der Waals surface area contributed by atoms with Crippen molar-refractivity contribution in [1.82, 2.24) is 15.1 Å². The molecular weight excluding hydrogens is 226 g/mol. The zero-order chi connectivity index (χ0) is 13.0. The third-order valence-electron chi connectivity index (χ3n) is 3.66. The van der Waals surface area contributed by atoms with E-state index in [2.05, 4.69) is 17.3 Å². The molecule has 1 N–H and O–H groups in total. The molecule has 1 aromatic rings. The molecule has 1 aliphatic rings. The van der Waals surface area contributed by atoms with Crippen molar-refractivity contribution < 1.29 is 4.79 Å². The number of aromatic nitrogens is 2.